The first kappa shape index (κ1) is 21.2. The molecule has 1 saturated heterocycles. The van der Waals surface area contributed by atoms with Crippen molar-refractivity contribution in [2.45, 2.75) is 43.6 Å². The molecule has 6 nitrogen and oxygen atoms in total. The number of hydrogen-bond donors (Lipinski definition) is 0. The van der Waals surface area contributed by atoms with Crippen LogP contribution in [0.3, 0.4) is 0 Å². The van der Waals surface area contributed by atoms with Gasteiger partial charge in [0.2, 0.25) is 0 Å². The third-order valence-electron chi connectivity index (χ3n) is 6.32. The van der Waals surface area contributed by atoms with Gasteiger partial charge >= 0.3 is 12.2 Å². The van der Waals surface area contributed by atoms with E-state index in [1.165, 1.54) is 0 Å². The fraction of sp³-hybridized carbons (Fsp3) is 0.292. The van der Waals surface area contributed by atoms with Gasteiger partial charge in [0.15, 0.2) is 6.10 Å². The monoisotopic (exact) mass is 456 g/mol. The topological polar surface area (TPSA) is 66.9 Å². The largest absolute Gasteiger partial charge is 0.485 e. The van der Waals surface area contributed by atoms with Gasteiger partial charge in [-0.1, -0.05) is 36.4 Å². The van der Waals surface area contributed by atoms with E-state index in [4.69, 9.17) is 4.74 Å². The summed E-state index contributed by atoms with van der Waals surface area (Å²) in [6.45, 7) is 0. The Balaban J connectivity index is 1.52. The van der Waals surface area contributed by atoms with Crippen molar-refractivity contribution in [3.05, 3.63) is 83.1 Å². The first-order valence-corrected chi connectivity index (χ1v) is 10.5. The van der Waals surface area contributed by atoms with Crippen LogP contribution in [0, 0.1) is 0 Å². The van der Waals surface area contributed by atoms with Crippen LogP contribution in [0.25, 0.3) is 0 Å². The Kier molecular flexibility index (Phi) is 4.99. The van der Waals surface area contributed by atoms with Gasteiger partial charge in [-0.25, -0.2) is 4.79 Å². The average molecular weight is 456 g/mol. The zero-order valence-electron chi connectivity index (χ0n) is 17.3. The fourth-order valence-electron chi connectivity index (χ4n) is 4.76. The molecule has 0 bridgehead atoms. The van der Waals surface area contributed by atoms with Gasteiger partial charge in [0.1, 0.15) is 0 Å². The van der Waals surface area contributed by atoms with Crippen LogP contribution in [0.2, 0.25) is 0 Å². The van der Waals surface area contributed by atoms with Crippen LogP contribution in [-0.2, 0) is 4.74 Å². The maximum absolute atomic E-state index is 13.4. The lowest BCUT2D eigenvalue weighted by atomic mass is 9.87. The molecular weight excluding hydrogens is 437 g/mol. The fourth-order valence-corrected chi connectivity index (χ4v) is 4.76. The van der Waals surface area contributed by atoms with Gasteiger partial charge in [0.25, 0.3) is 11.8 Å². The van der Waals surface area contributed by atoms with Crippen molar-refractivity contribution >= 4 is 17.8 Å². The molecule has 170 valence electrons. The van der Waals surface area contributed by atoms with E-state index in [0.29, 0.717) is 5.57 Å². The third kappa shape index (κ3) is 3.57. The summed E-state index contributed by atoms with van der Waals surface area (Å²) in [5.74, 6) is -1.03. The molecule has 4 amide bonds. The number of carbonyl (C=O) groups is 3. The van der Waals surface area contributed by atoms with Crippen molar-refractivity contribution in [2.24, 2.45) is 0 Å². The van der Waals surface area contributed by atoms with Gasteiger partial charge in [-0.15, -0.1) is 0 Å². The molecule has 1 fully saturated rings. The Bertz CT molecular complexity index is 1070. The van der Waals surface area contributed by atoms with E-state index < -0.39 is 42.2 Å². The van der Waals surface area contributed by atoms with Gasteiger partial charge in [-0.3, -0.25) is 19.4 Å². The SMILES string of the molecule is O=C(c1ccccc1)N1C(=O)N(C(=O)c2ccccc2)[C@@H]2CC3=C(CC(C(F)(F)F)O3)C[C@H]21. The van der Waals surface area contributed by atoms with Gasteiger partial charge < -0.3 is 4.74 Å². The standard InChI is InChI=1S/C24H19F3N2O4/c25-24(26,27)20-12-16-11-17-18(13-19(16)33-20)29(22(31)15-9-5-2-6-10-15)23(32)28(17)21(30)14-7-3-1-4-8-14/h1-10,17-18,20H,11-13H2/t17-,18-,20?/m1/s1. The van der Waals surface area contributed by atoms with Crippen LogP contribution >= 0.6 is 0 Å². The second kappa shape index (κ2) is 7.75. The molecule has 2 heterocycles. The van der Waals surface area contributed by atoms with Crippen LogP contribution in [0.4, 0.5) is 18.0 Å². The molecule has 3 aliphatic rings. The number of amides is 4. The minimum Gasteiger partial charge on any atom is -0.485 e. The Morgan fingerprint density at radius 2 is 1.27 bits per heavy atom. The summed E-state index contributed by atoms with van der Waals surface area (Å²) in [6, 6.07) is 13.9. The second-order valence-electron chi connectivity index (χ2n) is 8.29. The number of ether oxygens (including phenoxy) is 1. The van der Waals surface area contributed by atoms with Crippen molar-refractivity contribution in [2.75, 3.05) is 0 Å². The number of hydrogen-bond acceptors (Lipinski definition) is 4. The molecule has 0 N–H and O–H groups in total. The van der Waals surface area contributed by atoms with Crippen molar-refractivity contribution in [3.8, 4) is 0 Å². The number of halogens is 3. The molecule has 2 aromatic carbocycles. The summed E-state index contributed by atoms with van der Waals surface area (Å²) in [5.41, 5.74) is 0.944. The lowest BCUT2D eigenvalue weighted by Crippen LogP contribution is -2.43. The minimum atomic E-state index is -4.53. The lowest BCUT2D eigenvalue weighted by Gasteiger charge is -2.31. The van der Waals surface area contributed by atoms with Crippen molar-refractivity contribution < 1.29 is 32.3 Å². The highest BCUT2D eigenvalue weighted by molar-refractivity contribution is 6.13. The number of nitrogens with zero attached hydrogens (tertiary/aromatic N) is 2. The Morgan fingerprint density at radius 3 is 1.76 bits per heavy atom. The molecule has 0 saturated carbocycles. The molecule has 33 heavy (non-hydrogen) atoms. The maximum atomic E-state index is 13.4. The third-order valence-corrected chi connectivity index (χ3v) is 6.32. The van der Waals surface area contributed by atoms with Crippen LogP contribution < -0.4 is 0 Å². The van der Waals surface area contributed by atoms with E-state index in [1.807, 2.05) is 0 Å². The highest BCUT2D eigenvalue weighted by atomic mass is 19.4. The van der Waals surface area contributed by atoms with Gasteiger partial charge in [0, 0.05) is 24.0 Å². The van der Waals surface area contributed by atoms with E-state index in [1.54, 1.807) is 60.7 Å². The summed E-state index contributed by atoms with van der Waals surface area (Å²) >= 11 is 0. The van der Waals surface area contributed by atoms with E-state index in [-0.39, 0.29) is 36.1 Å². The average Bonchev–Trinajstić information content (AvgIpc) is 3.35. The number of alkyl halides is 3. The molecule has 0 aromatic heterocycles. The van der Waals surface area contributed by atoms with Crippen molar-refractivity contribution in [1.82, 2.24) is 9.80 Å². The molecule has 5 rings (SSSR count). The normalized spacial score (nSPS) is 24.5. The predicted molar refractivity (Wildman–Crippen MR) is 110 cm³/mol. The van der Waals surface area contributed by atoms with E-state index in [9.17, 15) is 27.6 Å². The Labute approximate surface area is 187 Å². The van der Waals surface area contributed by atoms with Crippen molar-refractivity contribution in [1.29, 1.82) is 0 Å². The zero-order chi connectivity index (χ0) is 23.3. The Morgan fingerprint density at radius 1 is 0.788 bits per heavy atom. The zero-order valence-corrected chi connectivity index (χ0v) is 17.3. The molecule has 1 unspecified atom stereocenters. The highest BCUT2D eigenvalue weighted by Gasteiger charge is 2.56. The quantitative estimate of drug-likeness (QED) is 0.666. The molecule has 0 spiro atoms. The predicted octanol–water partition coefficient (Wildman–Crippen LogP) is 4.54. The summed E-state index contributed by atoms with van der Waals surface area (Å²) in [5, 5.41) is 0. The highest BCUT2D eigenvalue weighted by Crippen LogP contribution is 2.46. The Hall–Kier alpha value is -3.62. The van der Waals surface area contributed by atoms with Crippen LogP contribution in [0.15, 0.2) is 72.0 Å². The summed E-state index contributed by atoms with van der Waals surface area (Å²) in [6.07, 6.45) is -6.84. The number of rotatable bonds is 2. The van der Waals surface area contributed by atoms with E-state index in [0.717, 1.165) is 9.80 Å². The molecule has 2 aromatic rings. The van der Waals surface area contributed by atoms with Crippen LogP contribution in [0.1, 0.15) is 40.0 Å². The van der Waals surface area contributed by atoms with Gasteiger partial charge in [0.05, 0.1) is 17.8 Å². The number of imide groups is 2. The summed E-state index contributed by atoms with van der Waals surface area (Å²) in [7, 11) is 0. The summed E-state index contributed by atoms with van der Waals surface area (Å²) < 4.78 is 45.0. The van der Waals surface area contributed by atoms with Crippen LogP contribution in [-0.4, -0.2) is 52.0 Å². The maximum Gasteiger partial charge on any atom is 0.425 e. The molecule has 1 aliphatic carbocycles. The number of fused-ring (bicyclic) bond motifs is 1. The molecule has 3 atom stereocenters. The van der Waals surface area contributed by atoms with Gasteiger partial charge in [-0.05, 0) is 36.3 Å². The smallest absolute Gasteiger partial charge is 0.425 e. The van der Waals surface area contributed by atoms with E-state index in [2.05, 4.69) is 0 Å². The van der Waals surface area contributed by atoms with Crippen LogP contribution in [0.5, 0.6) is 0 Å². The molecule has 0 radical (unpaired) electrons. The second-order valence-corrected chi connectivity index (χ2v) is 8.29. The number of carbonyl (C=O) groups excluding carboxylic acids is 3. The first-order chi connectivity index (χ1) is 15.8. The number of urea groups is 1. The first-order valence-electron chi connectivity index (χ1n) is 10.5. The van der Waals surface area contributed by atoms with Gasteiger partial charge in [-0.2, -0.15) is 13.2 Å². The summed E-state index contributed by atoms with van der Waals surface area (Å²) in [4.78, 5) is 42.0. The van der Waals surface area contributed by atoms with E-state index >= 15 is 0 Å². The molecule has 9 heteroatoms. The molecular formula is C24H19F3N2O4. The number of benzene rings is 2. The molecule has 2 aliphatic heterocycles. The minimum absolute atomic E-state index is 0.0372. The lowest BCUT2D eigenvalue weighted by molar-refractivity contribution is -0.203. The van der Waals surface area contributed by atoms with Crippen molar-refractivity contribution in [3.63, 3.8) is 0 Å².